The Labute approximate surface area is 176 Å². The Kier molecular flexibility index (Phi) is 9.76. The van der Waals surface area contributed by atoms with Gasteiger partial charge in [0.1, 0.15) is 11.5 Å². The molecule has 2 rings (SSSR count). The van der Waals surface area contributed by atoms with Crippen LogP contribution >= 0.6 is 0 Å². The van der Waals surface area contributed by atoms with Gasteiger partial charge in [-0.25, -0.2) is 4.79 Å². The van der Waals surface area contributed by atoms with Crippen LogP contribution in [-0.4, -0.2) is 6.16 Å². The molecule has 0 heterocycles. The number of aryl methyl sites for hydroxylation is 2. The molecule has 0 spiro atoms. The van der Waals surface area contributed by atoms with Crippen LogP contribution in [0.3, 0.4) is 0 Å². The lowest BCUT2D eigenvalue weighted by atomic mass is 9.91. The van der Waals surface area contributed by atoms with Gasteiger partial charge < -0.3 is 9.47 Å². The average Bonchev–Trinajstić information content (AvgIpc) is 2.71. The van der Waals surface area contributed by atoms with Crippen molar-refractivity contribution in [2.24, 2.45) is 0 Å². The molecule has 0 aliphatic rings. The van der Waals surface area contributed by atoms with Crippen molar-refractivity contribution < 1.29 is 14.3 Å². The summed E-state index contributed by atoms with van der Waals surface area (Å²) >= 11 is 0. The average molecular weight is 397 g/mol. The van der Waals surface area contributed by atoms with E-state index >= 15 is 0 Å². The van der Waals surface area contributed by atoms with Crippen molar-refractivity contribution in [3.63, 3.8) is 0 Å². The van der Waals surface area contributed by atoms with E-state index in [4.69, 9.17) is 9.47 Å². The van der Waals surface area contributed by atoms with E-state index in [-0.39, 0.29) is 0 Å². The molecule has 2 aromatic rings. The number of ether oxygens (including phenoxy) is 2. The predicted molar refractivity (Wildman–Crippen MR) is 120 cm³/mol. The minimum atomic E-state index is -0.656. The molecule has 3 heteroatoms. The first-order valence-electron chi connectivity index (χ1n) is 11.3. The molecule has 0 atom stereocenters. The summed E-state index contributed by atoms with van der Waals surface area (Å²) in [6, 6.07) is 11.8. The van der Waals surface area contributed by atoms with Gasteiger partial charge in [0.05, 0.1) is 0 Å². The molecule has 0 aliphatic carbocycles. The maximum atomic E-state index is 12.6. The van der Waals surface area contributed by atoms with Crippen LogP contribution in [0.1, 0.15) is 82.1 Å². The fourth-order valence-electron chi connectivity index (χ4n) is 3.78. The Balaban J connectivity index is 2.24. The number of rotatable bonds is 11. The van der Waals surface area contributed by atoms with Crippen LogP contribution in [0.2, 0.25) is 0 Å². The van der Waals surface area contributed by atoms with Crippen molar-refractivity contribution in [3.05, 3.63) is 58.7 Å². The molecule has 0 N–H and O–H groups in total. The van der Waals surface area contributed by atoms with Gasteiger partial charge in [-0.1, -0.05) is 77.6 Å². The predicted octanol–water partition coefficient (Wildman–Crippen LogP) is 7.46. The molecule has 29 heavy (non-hydrogen) atoms. The third kappa shape index (κ3) is 6.62. The zero-order valence-electron chi connectivity index (χ0n) is 18.6. The van der Waals surface area contributed by atoms with Gasteiger partial charge in [0.15, 0.2) is 0 Å². The zero-order chi connectivity index (χ0) is 21.1. The molecule has 0 saturated heterocycles. The molecule has 0 aromatic heterocycles. The lowest BCUT2D eigenvalue weighted by Crippen LogP contribution is -2.16. The summed E-state index contributed by atoms with van der Waals surface area (Å²) < 4.78 is 11.3. The number of carbonyl (C=O) groups excluding carboxylic acids is 1. The molecule has 0 aliphatic heterocycles. The van der Waals surface area contributed by atoms with Gasteiger partial charge in [0, 0.05) is 0 Å². The van der Waals surface area contributed by atoms with Crippen LogP contribution in [0.15, 0.2) is 36.4 Å². The Morgan fingerprint density at radius 1 is 0.655 bits per heavy atom. The number of hydrogen-bond acceptors (Lipinski definition) is 3. The number of benzene rings is 2. The first-order chi connectivity index (χ1) is 14.1. The molecule has 158 valence electrons. The third-order valence-corrected chi connectivity index (χ3v) is 5.16. The minimum Gasteiger partial charge on any atom is -0.394 e. The van der Waals surface area contributed by atoms with Gasteiger partial charge in [-0.15, -0.1) is 0 Å². The first-order valence-corrected chi connectivity index (χ1v) is 11.3. The number of unbranched alkanes of at least 4 members (excludes halogenated alkanes) is 1. The van der Waals surface area contributed by atoms with Crippen molar-refractivity contribution in [1.82, 2.24) is 0 Å². The second kappa shape index (κ2) is 12.3. The smallest absolute Gasteiger partial charge is 0.394 e. The van der Waals surface area contributed by atoms with Gasteiger partial charge in [-0.3, -0.25) is 0 Å². The molecule has 2 aromatic carbocycles. The maximum Gasteiger partial charge on any atom is 0.519 e. The van der Waals surface area contributed by atoms with Crippen LogP contribution in [0.5, 0.6) is 11.5 Å². The molecule has 0 fully saturated rings. The van der Waals surface area contributed by atoms with Gasteiger partial charge in [-0.05, 0) is 66.5 Å². The normalized spacial score (nSPS) is 10.8. The van der Waals surface area contributed by atoms with E-state index in [1.165, 1.54) is 11.1 Å². The molecular formula is C26H36O3. The van der Waals surface area contributed by atoms with E-state index in [0.717, 1.165) is 68.9 Å². The topological polar surface area (TPSA) is 35.5 Å². The number of para-hydroxylation sites is 1. The van der Waals surface area contributed by atoms with E-state index in [1.54, 1.807) is 0 Å². The van der Waals surface area contributed by atoms with Crippen molar-refractivity contribution in [1.29, 1.82) is 0 Å². The lowest BCUT2D eigenvalue weighted by Gasteiger charge is -2.18. The number of carbonyl (C=O) groups is 1. The molecule has 0 bridgehead atoms. The molecule has 3 nitrogen and oxygen atoms in total. The summed E-state index contributed by atoms with van der Waals surface area (Å²) in [6.07, 6.45) is 8.58. The first kappa shape index (κ1) is 23.0. The maximum absolute atomic E-state index is 12.6. The van der Waals surface area contributed by atoms with Crippen LogP contribution in [0.25, 0.3) is 0 Å². The Bertz CT molecular complexity index is 780. The minimum absolute atomic E-state index is 0.597. The Hall–Kier alpha value is -2.29. The van der Waals surface area contributed by atoms with Gasteiger partial charge >= 0.3 is 6.16 Å². The monoisotopic (exact) mass is 396 g/mol. The Morgan fingerprint density at radius 2 is 1.31 bits per heavy atom. The highest BCUT2D eigenvalue weighted by Crippen LogP contribution is 2.30. The van der Waals surface area contributed by atoms with E-state index in [9.17, 15) is 4.79 Å². The van der Waals surface area contributed by atoms with Crippen LogP contribution in [0, 0.1) is 0 Å². The largest absolute Gasteiger partial charge is 0.519 e. The van der Waals surface area contributed by atoms with Crippen molar-refractivity contribution >= 4 is 6.16 Å². The van der Waals surface area contributed by atoms with E-state index in [0.29, 0.717) is 11.5 Å². The number of hydrogen-bond donors (Lipinski definition) is 0. The third-order valence-electron chi connectivity index (χ3n) is 5.16. The summed E-state index contributed by atoms with van der Waals surface area (Å²) in [7, 11) is 0. The molecule has 0 radical (unpaired) electrons. The molecule has 0 saturated carbocycles. The fourth-order valence-corrected chi connectivity index (χ4v) is 3.78. The SMILES string of the molecule is CCCCc1ccccc1OC(=O)Oc1ccc(CCC)c(CCC)c1CCC. The van der Waals surface area contributed by atoms with Gasteiger partial charge in [0.2, 0.25) is 0 Å². The van der Waals surface area contributed by atoms with E-state index in [2.05, 4.69) is 33.8 Å². The highest BCUT2D eigenvalue weighted by atomic mass is 16.7. The summed E-state index contributed by atoms with van der Waals surface area (Å²) in [6.45, 7) is 8.71. The zero-order valence-corrected chi connectivity index (χ0v) is 18.6. The van der Waals surface area contributed by atoms with Crippen molar-refractivity contribution in [2.75, 3.05) is 0 Å². The highest BCUT2D eigenvalue weighted by Gasteiger charge is 2.17. The van der Waals surface area contributed by atoms with Gasteiger partial charge in [-0.2, -0.15) is 0 Å². The standard InChI is InChI=1S/C26H36O3/c1-5-9-15-21-16-10-11-17-24(21)28-26(27)29-25-19-18-20(12-6-2)22(13-7-3)23(25)14-8-4/h10-11,16-19H,5-9,12-15H2,1-4H3. The second-order valence-corrected chi connectivity index (χ2v) is 7.60. The quantitative estimate of drug-likeness (QED) is 0.292. The van der Waals surface area contributed by atoms with Gasteiger partial charge in [0.25, 0.3) is 0 Å². The summed E-state index contributed by atoms with van der Waals surface area (Å²) in [5, 5.41) is 0. The van der Waals surface area contributed by atoms with Crippen LogP contribution in [0.4, 0.5) is 4.79 Å². The van der Waals surface area contributed by atoms with E-state index < -0.39 is 6.16 Å². The second-order valence-electron chi connectivity index (χ2n) is 7.60. The lowest BCUT2D eigenvalue weighted by molar-refractivity contribution is 0.151. The molecular weight excluding hydrogens is 360 g/mol. The Morgan fingerprint density at radius 3 is 2.00 bits per heavy atom. The van der Waals surface area contributed by atoms with Crippen LogP contribution < -0.4 is 9.47 Å². The van der Waals surface area contributed by atoms with Crippen molar-refractivity contribution in [3.8, 4) is 11.5 Å². The summed E-state index contributed by atoms with van der Waals surface area (Å²) in [5.74, 6) is 1.24. The highest BCUT2D eigenvalue weighted by molar-refractivity contribution is 5.68. The fraction of sp³-hybridized carbons (Fsp3) is 0.500. The van der Waals surface area contributed by atoms with E-state index in [1.807, 2.05) is 30.3 Å². The molecule has 0 amide bonds. The molecule has 0 unspecified atom stereocenters. The summed E-state index contributed by atoms with van der Waals surface area (Å²) in [4.78, 5) is 12.6. The van der Waals surface area contributed by atoms with Crippen LogP contribution in [-0.2, 0) is 25.7 Å². The van der Waals surface area contributed by atoms with Crippen molar-refractivity contribution in [2.45, 2.75) is 85.5 Å². The summed E-state index contributed by atoms with van der Waals surface area (Å²) in [5.41, 5.74) is 4.94.